The van der Waals surface area contributed by atoms with Crippen molar-refractivity contribution in [2.45, 2.75) is 0 Å². The number of rotatable bonds is 3. The summed E-state index contributed by atoms with van der Waals surface area (Å²) < 4.78 is 7.48. The fourth-order valence-corrected chi connectivity index (χ4v) is 10.1. The topological polar surface area (TPSA) is 30.7 Å². The molecule has 49 heavy (non-hydrogen) atoms. The minimum atomic E-state index is 0.747. The van der Waals surface area contributed by atoms with Crippen LogP contribution in [-0.4, -0.2) is 14.5 Å². The Morgan fingerprint density at radius 3 is 1.84 bits per heavy atom. The van der Waals surface area contributed by atoms with Crippen molar-refractivity contribution in [3.63, 3.8) is 0 Å². The zero-order chi connectivity index (χ0) is 32.1. The molecule has 0 radical (unpaired) electrons. The highest BCUT2D eigenvalue weighted by Crippen LogP contribution is 2.48. The van der Waals surface area contributed by atoms with Gasteiger partial charge in [-0.25, -0.2) is 9.97 Å². The molecule has 0 saturated carbocycles. The molecule has 3 nitrogen and oxygen atoms in total. The molecular weight excluding hydrogens is 635 g/mol. The minimum Gasteiger partial charge on any atom is -0.309 e. The van der Waals surface area contributed by atoms with Gasteiger partial charge in [0.2, 0.25) is 0 Å². The standard InChI is InChI=1S/C44H25N3S2/c1-2-12-27(13-3-1)44-45-39(43-40(46-44)33-18-8-11-21-36(33)49-43)26-22-24-28(25-23-26)47-34-19-9-6-16-31(34)37-38-32-17-7-10-20-35(32)48-42(38)30-15-5-4-14-29(30)41(37)47/h1-25H. The molecule has 0 N–H and O–H groups in total. The van der Waals surface area contributed by atoms with Crippen molar-refractivity contribution in [1.82, 2.24) is 14.5 Å². The van der Waals surface area contributed by atoms with Gasteiger partial charge in [0.05, 0.1) is 26.9 Å². The van der Waals surface area contributed by atoms with Gasteiger partial charge in [-0.1, -0.05) is 121 Å². The van der Waals surface area contributed by atoms with Crippen molar-refractivity contribution in [2.75, 3.05) is 0 Å². The van der Waals surface area contributed by atoms with Crippen LogP contribution in [0.25, 0.3) is 101 Å². The molecule has 7 aromatic carbocycles. The molecule has 0 unspecified atom stereocenters. The van der Waals surface area contributed by atoms with Gasteiger partial charge in [0.1, 0.15) is 0 Å². The van der Waals surface area contributed by atoms with E-state index in [0.29, 0.717) is 0 Å². The maximum absolute atomic E-state index is 5.22. The van der Waals surface area contributed by atoms with Gasteiger partial charge in [-0.05, 0) is 30.3 Å². The Kier molecular flexibility index (Phi) is 5.70. The van der Waals surface area contributed by atoms with Crippen LogP contribution >= 0.6 is 22.7 Å². The van der Waals surface area contributed by atoms with Crippen LogP contribution in [0.1, 0.15) is 0 Å². The van der Waals surface area contributed by atoms with E-state index in [1.54, 1.807) is 11.3 Å². The highest BCUT2D eigenvalue weighted by molar-refractivity contribution is 7.27. The van der Waals surface area contributed by atoms with Crippen molar-refractivity contribution in [2.24, 2.45) is 0 Å². The van der Waals surface area contributed by atoms with Crippen molar-refractivity contribution < 1.29 is 0 Å². The van der Waals surface area contributed by atoms with Crippen molar-refractivity contribution in [1.29, 1.82) is 0 Å². The summed E-state index contributed by atoms with van der Waals surface area (Å²) >= 11 is 3.67. The summed E-state index contributed by atoms with van der Waals surface area (Å²) in [5.41, 5.74) is 7.66. The molecule has 4 aromatic heterocycles. The normalized spacial score (nSPS) is 12.1. The molecule has 0 saturated heterocycles. The van der Waals surface area contributed by atoms with Gasteiger partial charge in [0, 0.05) is 68.6 Å². The van der Waals surface area contributed by atoms with Gasteiger partial charge in [-0.3, -0.25) is 0 Å². The monoisotopic (exact) mass is 659 g/mol. The maximum Gasteiger partial charge on any atom is 0.160 e. The molecule has 0 atom stereocenters. The Bertz CT molecular complexity index is 3090. The third-order valence-electron chi connectivity index (χ3n) is 9.80. The number of aromatic nitrogens is 3. The quantitative estimate of drug-likeness (QED) is 0.189. The molecule has 0 amide bonds. The predicted octanol–water partition coefficient (Wildman–Crippen LogP) is 12.8. The lowest BCUT2D eigenvalue weighted by Crippen LogP contribution is -1.96. The second kappa shape index (κ2) is 10.3. The molecule has 0 fully saturated rings. The predicted molar refractivity (Wildman–Crippen MR) is 211 cm³/mol. The fraction of sp³-hybridized carbons (Fsp3) is 0. The van der Waals surface area contributed by atoms with Crippen LogP contribution in [0.5, 0.6) is 0 Å². The van der Waals surface area contributed by atoms with Gasteiger partial charge in [0.25, 0.3) is 0 Å². The lowest BCUT2D eigenvalue weighted by Gasteiger charge is -2.12. The summed E-state index contributed by atoms with van der Waals surface area (Å²) in [6.45, 7) is 0. The molecule has 5 heteroatoms. The Hall–Kier alpha value is -5.88. The minimum absolute atomic E-state index is 0.747. The van der Waals surface area contributed by atoms with Crippen LogP contribution in [0.3, 0.4) is 0 Å². The second-order valence-corrected chi connectivity index (χ2v) is 14.6. The van der Waals surface area contributed by atoms with E-state index in [9.17, 15) is 0 Å². The number of nitrogens with zero attached hydrogens (tertiary/aromatic N) is 3. The average molecular weight is 660 g/mol. The van der Waals surface area contributed by atoms with E-state index in [0.717, 1.165) is 38.5 Å². The Morgan fingerprint density at radius 2 is 1.04 bits per heavy atom. The molecule has 0 aliphatic heterocycles. The molecule has 0 aliphatic rings. The lowest BCUT2D eigenvalue weighted by molar-refractivity contribution is 1.18. The highest BCUT2D eigenvalue weighted by Gasteiger charge is 2.22. The molecule has 11 rings (SSSR count). The Morgan fingerprint density at radius 1 is 0.429 bits per heavy atom. The number of hydrogen-bond donors (Lipinski definition) is 0. The van der Waals surface area contributed by atoms with E-state index in [1.807, 2.05) is 29.5 Å². The summed E-state index contributed by atoms with van der Waals surface area (Å²) in [6, 6.07) is 54.4. The van der Waals surface area contributed by atoms with Crippen LogP contribution in [0.15, 0.2) is 152 Å². The first-order chi connectivity index (χ1) is 24.3. The van der Waals surface area contributed by atoms with Crippen molar-refractivity contribution in [3.05, 3.63) is 152 Å². The van der Waals surface area contributed by atoms with Crippen LogP contribution in [-0.2, 0) is 0 Å². The second-order valence-electron chi connectivity index (χ2n) is 12.5. The van der Waals surface area contributed by atoms with E-state index in [1.165, 1.54) is 62.8 Å². The van der Waals surface area contributed by atoms with E-state index in [-0.39, 0.29) is 0 Å². The molecule has 0 spiro atoms. The number of para-hydroxylation sites is 1. The highest BCUT2D eigenvalue weighted by atomic mass is 32.1. The first kappa shape index (κ1) is 27.1. The van der Waals surface area contributed by atoms with Gasteiger partial charge < -0.3 is 4.57 Å². The third kappa shape index (κ3) is 3.88. The Balaban J connectivity index is 1.19. The molecule has 11 aromatic rings. The smallest absolute Gasteiger partial charge is 0.160 e. The summed E-state index contributed by atoms with van der Waals surface area (Å²) in [5, 5.41) is 9.01. The SMILES string of the molecule is c1ccc(-c2nc(-c3ccc(-n4c5ccccc5c5c6c7ccccc7sc6c6ccccc6c54)cc3)c3sc4ccccc4c3n2)cc1. The first-order valence-corrected chi connectivity index (χ1v) is 18.1. The van der Waals surface area contributed by atoms with Gasteiger partial charge >= 0.3 is 0 Å². The average Bonchev–Trinajstić information content (AvgIpc) is 3.85. The molecule has 4 heterocycles. The van der Waals surface area contributed by atoms with E-state index in [4.69, 9.17) is 9.97 Å². The number of benzene rings is 7. The van der Waals surface area contributed by atoms with Crippen molar-refractivity contribution >= 4 is 95.7 Å². The van der Waals surface area contributed by atoms with Gasteiger partial charge in [0.15, 0.2) is 5.82 Å². The van der Waals surface area contributed by atoms with Gasteiger partial charge in [-0.15, -0.1) is 22.7 Å². The molecular formula is C44H25N3S2. The fourth-order valence-electron chi connectivity index (χ4n) is 7.66. The summed E-state index contributed by atoms with van der Waals surface area (Å²) in [6.07, 6.45) is 0. The van der Waals surface area contributed by atoms with Crippen LogP contribution < -0.4 is 0 Å². The van der Waals surface area contributed by atoms with Crippen molar-refractivity contribution in [3.8, 4) is 28.3 Å². The number of thiophene rings is 2. The maximum atomic E-state index is 5.22. The summed E-state index contributed by atoms with van der Waals surface area (Å²) in [5.74, 6) is 0.747. The summed E-state index contributed by atoms with van der Waals surface area (Å²) in [7, 11) is 0. The van der Waals surface area contributed by atoms with Gasteiger partial charge in [-0.2, -0.15) is 0 Å². The number of fused-ring (bicyclic) bond motifs is 13. The molecule has 228 valence electrons. The third-order valence-corrected chi connectivity index (χ3v) is 12.2. The van der Waals surface area contributed by atoms with Crippen LogP contribution in [0.2, 0.25) is 0 Å². The first-order valence-electron chi connectivity index (χ1n) is 16.4. The van der Waals surface area contributed by atoms with Crippen LogP contribution in [0, 0.1) is 0 Å². The molecule has 0 aliphatic carbocycles. The number of hydrogen-bond acceptors (Lipinski definition) is 4. The zero-order valence-corrected chi connectivity index (χ0v) is 27.7. The zero-order valence-electron chi connectivity index (χ0n) is 26.1. The largest absolute Gasteiger partial charge is 0.309 e. The lowest BCUT2D eigenvalue weighted by atomic mass is 10.00. The van der Waals surface area contributed by atoms with E-state index < -0.39 is 0 Å². The van der Waals surface area contributed by atoms with Crippen LogP contribution in [0.4, 0.5) is 0 Å². The van der Waals surface area contributed by atoms with E-state index >= 15 is 0 Å². The Labute approximate surface area is 289 Å². The molecule has 0 bridgehead atoms. The van der Waals surface area contributed by atoms with E-state index in [2.05, 4.69) is 138 Å². The summed E-state index contributed by atoms with van der Waals surface area (Å²) in [4.78, 5) is 10.3.